The summed E-state index contributed by atoms with van der Waals surface area (Å²) in [5, 5.41) is 3.84. The second-order valence-corrected chi connectivity index (χ2v) is 3.58. The monoisotopic (exact) mass is 222 g/mol. The van der Waals surface area contributed by atoms with Crippen LogP contribution in [-0.4, -0.2) is 12.1 Å². The molecule has 1 aromatic rings. The molecule has 0 saturated carbocycles. The number of unbranched alkanes of at least 4 members (excludes halogenated alkanes) is 4. The second kappa shape index (κ2) is 7.68. The molecule has 0 aliphatic heterocycles. The van der Waals surface area contributed by atoms with Crippen LogP contribution in [0.25, 0.3) is 0 Å². The van der Waals surface area contributed by atoms with Crippen molar-refractivity contribution in [3.63, 3.8) is 0 Å². The average Bonchev–Trinajstić information content (AvgIpc) is 2.81. The molecule has 4 nitrogen and oxygen atoms in total. The van der Waals surface area contributed by atoms with Crippen molar-refractivity contribution in [3.05, 3.63) is 24.2 Å². The highest BCUT2D eigenvalue weighted by molar-refractivity contribution is 5.91. The molecule has 1 rings (SSSR count). The van der Waals surface area contributed by atoms with Gasteiger partial charge in [-0.2, -0.15) is 5.10 Å². The van der Waals surface area contributed by atoms with E-state index in [1.807, 2.05) is 0 Å². The number of hydrogen-bond donors (Lipinski definition) is 1. The van der Waals surface area contributed by atoms with Crippen molar-refractivity contribution in [2.45, 2.75) is 39.0 Å². The van der Waals surface area contributed by atoms with Gasteiger partial charge in [0.15, 0.2) is 5.76 Å². The Balaban J connectivity index is 2.10. The molecule has 0 unspecified atom stereocenters. The van der Waals surface area contributed by atoms with Crippen LogP contribution in [0.5, 0.6) is 0 Å². The van der Waals surface area contributed by atoms with Crippen LogP contribution < -0.4 is 5.43 Å². The van der Waals surface area contributed by atoms with E-state index in [1.165, 1.54) is 25.5 Å². The summed E-state index contributed by atoms with van der Waals surface area (Å²) in [7, 11) is 0. The van der Waals surface area contributed by atoms with Crippen molar-refractivity contribution in [1.29, 1.82) is 0 Å². The first-order valence-corrected chi connectivity index (χ1v) is 5.70. The molecule has 0 aliphatic rings. The maximum atomic E-state index is 11.3. The number of nitrogens with zero attached hydrogens (tertiary/aromatic N) is 1. The molecule has 1 heterocycles. The zero-order chi connectivity index (χ0) is 11.6. The molecule has 1 aromatic heterocycles. The minimum absolute atomic E-state index is 0.281. The number of furan rings is 1. The van der Waals surface area contributed by atoms with Gasteiger partial charge in [-0.05, 0) is 25.0 Å². The maximum Gasteiger partial charge on any atom is 0.307 e. The molecule has 16 heavy (non-hydrogen) atoms. The summed E-state index contributed by atoms with van der Waals surface area (Å²) in [6.07, 6.45) is 8.92. The fraction of sp³-hybridized carbons (Fsp3) is 0.500. The molecule has 0 saturated heterocycles. The molecule has 0 atom stereocenters. The Bertz CT molecular complexity index is 318. The van der Waals surface area contributed by atoms with E-state index in [-0.39, 0.29) is 11.7 Å². The highest BCUT2D eigenvalue weighted by Gasteiger charge is 2.05. The molecule has 1 N–H and O–H groups in total. The summed E-state index contributed by atoms with van der Waals surface area (Å²) in [6.45, 7) is 2.18. The molecule has 4 heteroatoms. The Kier molecular flexibility index (Phi) is 5.99. The summed E-state index contributed by atoms with van der Waals surface area (Å²) in [5.41, 5.74) is 2.41. The van der Waals surface area contributed by atoms with E-state index < -0.39 is 0 Å². The van der Waals surface area contributed by atoms with Crippen molar-refractivity contribution in [2.24, 2.45) is 5.10 Å². The number of nitrogens with one attached hydrogen (secondary N) is 1. The standard InChI is InChI=1S/C12H18N2O2/c1-2-3-4-5-6-9-13-14-12(15)11-8-7-10-16-11/h7-10H,2-6H2,1H3,(H,14,15)/b13-9+. The lowest BCUT2D eigenvalue weighted by molar-refractivity contribution is 0.0927. The van der Waals surface area contributed by atoms with Gasteiger partial charge >= 0.3 is 5.91 Å². The molecular weight excluding hydrogens is 204 g/mol. The van der Waals surface area contributed by atoms with Gasteiger partial charge in [0.2, 0.25) is 0 Å². The summed E-state index contributed by atoms with van der Waals surface area (Å²) >= 11 is 0. The number of carbonyl (C=O) groups is 1. The van der Waals surface area contributed by atoms with E-state index in [4.69, 9.17) is 4.42 Å². The third-order valence-corrected chi connectivity index (χ3v) is 2.19. The van der Waals surface area contributed by atoms with Crippen LogP contribution in [0.2, 0.25) is 0 Å². The van der Waals surface area contributed by atoms with Gasteiger partial charge in [-0.25, -0.2) is 5.43 Å². The molecular formula is C12H18N2O2. The van der Waals surface area contributed by atoms with Crippen LogP contribution in [0, 0.1) is 0 Å². The van der Waals surface area contributed by atoms with E-state index >= 15 is 0 Å². The number of rotatable bonds is 7. The number of hydrogen-bond acceptors (Lipinski definition) is 3. The summed E-state index contributed by atoms with van der Waals surface area (Å²) < 4.78 is 4.92. The first-order chi connectivity index (χ1) is 7.84. The third kappa shape index (κ3) is 4.77. The second-order valence-electron chi connectivity index (χ2n) is 3.58. The van der Waals surface area contributed by atoms with Crippen LogP contribution in [0.1, 0.15) is 49.6 Å². The van der Waals surface area contributed by atoms with Gasteiger partial charge in [-0.3, -0.25) is 4.79 Å². The van der Waals surface area contributed by atoms with Crippen molar-refractivity contribution >= 4 is 12.1 Å². The van der Waals surface area contributed by atoms with E-state index in [0.717, 1.165) is 12.8 Å². The van der Waals surface area contributed by atoms with Crippen LogP contribution in [0.3, 0.4) is 0 Å². The van der Waals surface area contributed by atoms with E-state index in [2.05, 4.69) is 17.5 Å². The fourth-order valence-electron chi connectivity index (χ4n) is 1.29. The van der Waals surface area contributed by atoms with Gasteiger partial charge in [0, 0.05) is 6.21 Å². The Morgan fingerprint density at radius 1 is 1.50 bits per heavy atom. The predicted molar refractivity (Wildman–Crippen MR) is 63.4 cm³/mol. The van der Waals surface area contributed by atoms with Crippen molar-refractivity contribution in [3.8, 4) is 0 Å². The van der Waals surface area contributed by atoms with E-state index in [1.54, 1.807) is 18.3 Å². The quantitative estimate of drug-likeness (QED) is 0.438. The zero-order valence-electron chi connectivity index (χ0n) is 9.61. The van der Waals surface area contributed by atoms with Crippen molar-refractivity contribution in [1.82, 2.24) is 5.43 Å². The maximum absolute atomic E-state index is 11.3. The highest BCUT2D eigenvalue weighted by atomic mass is 16.3. The van der Waals surface area contributed by atoms with Crippen molar-refractivity contribution in [2.75, 3.05) is 0 Å². The molecule has 0 aromatic carbocycles. The van der Waals surface area contributed by atoms with E-state index in [0.29, 0.717) is 0 Å². The smallest absolute Gasteiger partial charge is 0.307 e. The van der Waals surface area contributed by atoms with Crippen LogP contribution >= 0.6 is 0 Å². The first-order valence-electron chi connectivity index (χ1n) is 5.70. The summed E-state index contributed by atoms with van der Waals surface area (Å²) in [6, 6.07) is 3.27. The highest BCUT2D eigenvalue weighted by Crippen LogP contribution is 2.01. The molecule has 0 aliphatic carbocycles. The van der Waals surface area contributed by atoms with Gasteiger partial charge in [-0.15, -0.1) is 0 Å². The van der Waals surface area contributed by atoms with Gasteiger partial charge in [0.25, 0.3) is 0 Å². The largest absolute Gasteiger partial charge is 0.459 e. The van der Waals surface area contributed by atoms with E-state index in [9.17, 15) is 4.79 Å². The summed E-state index contributed by atoms with van der Waals surface area (Å²) in [5.74, 6) is -0.0297. The Labute approximate surface area is 95.7 Å². The summed E-state index contributed by atoms with van der Waals surface area (Å²) in [4.78, 5) is 11.3. The third-order valence-electron chi connectivity index (χ3n) is 2.19. The normalized spacial score (nSPS) is 10.8. The number of carbonyl (C=O) groups excluding carboxylic acids is 1. The number of hydrazone groups is 1. The Hall–Kier alpha value is -1.58. The minimum atomic E-state index is -0.310. The lowest BCUT2D eigenvalue weighted by Gasteiger charge is -1.95. The van der Waals surface area contributed by atoms with Gasteiger partial charge in [0.05, 0.1) is 6.26 Å². The molecule has 88 valence electrons. The van der Waals surface area contributed by atoms with Crippen LogP contribution in [0.4, 0.5) is 0 Å². The van der Waals surface area contributed by atoms with Crippen LogP contribution in [0.15, 0.2) is 27.9 Å². The lowest BCUT2D eigenvalue weighted by atomic mass is 10.2. The Morgan fingerprint density at radius 2 is 2.38 bits per heavy atom. The fourth-order valence-corrected chi connectivity index (χ4v) is 1.29. The average molecular weight is 222 g/mol. The van der Waals surface area contributed by atoms with Gasteiger partial charge in [-0.1, -0.05) is 26.2 Å². The SMILES string of the molecule is CCCCCC/C=N/NC(=O)c1ccco1. The molecule has 1 amide bonds. The van der Waals surface area contributed by atoms with Crippen molar-refractivity contribution < 1.29 is 9.21 Å². The zero-order valence-corrected chi connectivity index (χ0v) is 9.61. The lowest BCUT2D eigenvalue weighted by Crippen LogP contribution is -2.16. The van der Waals surface area contributed by atoms with Crippen LogP contribution in [-0.2, 0) is 0 Å². The Morgan fingerprint density at radius 3 is 3.06 bits per heavy atom. The molecule has 0 radical (unpaired) electrons. The van der Waals surface area contributed by atoms with Gasteiger partial charge < -0.3 is 4.42 Å². The molecule has 0 bridgehead atoms. The minimum Gasteiger partial charge on any atom is -0.459 e. The first kappa shape index (κ1) is 12.5. The molecule has 0 fully saturated rings. The topological polar surface area (TPSA) is 54.6 Å². The number of amides is 1. The predicted octanol–water partition coefficient (Wildman–Crippen LogP) is 2.97. The van der Waals surface area contributed by atoms with Gasteiger partial charge in [0.1, 0.15) is 0 Å². The molecule has 0 spiro atoms.